The Labute approximate surface area is 148 Å². The number of carbonyl (C=O) groups excluding carboxylic acids is 2. The monoisotopic (exact) mass is 346 g/mol. The topological polar surface area (TPSA) is 81.9 Å². The van der Waals surface area contributed by atoms with Gasteiger partial charge in [0.2, 0.25) is 5.91 Å². The first-order chi connectivity index (χ1) is 12.0. The number of allylic oxidation sites excluding steroid dienone is 1. The van der Waals surface area contributed by atoms with Crippen molar-refractivity contribution < 1.29 is 19.1 Å². The van der Waals surface area contributed by atoms with E-state index in [2.05, 4.69) is 0 Å². The number of carbonyl (C=O) groups is 2. The highest BCUT2D eigenvalue weighted by Gasteiger charge is 2.24. The van der Waals surface area contributed by atoms with Crippen molar-refractivity contribution in [3.05, 3.63) is 29.8 Å². The number of ether oxygens (including phenoxy) is 2. The minimum atomic E-state index is -0.276. The lowest BCUT2D eigenvalue weighted by atomic mass is 9.93. The smallest absolute Gasteiger partial charge is 0.260 e. The fraction of sp³-hybridized carbons (Fsp3) is 0.474. The summed E-state index contributed by atoms with van der Waals surface area (Å²) in [5, 5.41) is 0. The van der Waals surface area contributed by atoms with Crippen LogP contribution in [0.2, 0.25) is 0 Å². The molecule has 2 rings (SSSR count). The quantitative estimate of drug-likeness (QED) is 0.821. The molecule has 2 N–H and O–H groups in total. The number of piperidine rings is 1. The van der Waals surface area contributed by atoms with Crippen molar-refractivity contribution in [3.63, 3.8) is 0 Å². The van der Waals surface area contributed by atoms with E-state index >= 15 is 0 Å². The molecule has 6 heteroatoms. The SMILES string of the molecule is C/C=C/c1ccc(OCC(=O)N2CCC(CC(N)=O)CC2)c(OC)c1. The number of amides is 2. The fourth-order valence-electron chi connectivity index (χ4n) is 3.00. The fourth-order valence-corrected chi connectivity index (χ4v) is 3.00. The highest BCUT2D eigenvalue weighted by Crippen LogP contribution is 2.29. The van der Waals surface area contributed by atoms with E-state index < -0.39 is 0 Å². The van der Waals surface area contributed by atoms with E-state index in [1.54, 1.807) is 18.1 Å². The maximum Gasteiger partial charge on any atom is 0.260 e. The molecule has 1 aliphatic heterocycles. The van der Waals surface area contributed by atoms with Crippen molar-refractivity contribution in [2.75, 3.05) is 26.8 Å². The van der Waals surface area contributed by atoms with Gasteiger partial charge in [-0.25, -0.2) is 0 Å². The Morgan fingerprint density at radius 3 is 2.60 bits per heavy atom. The van der Waals surface area contributed by atoms with Gasteiger partial charge in [-0.2, -0.15) is 0 Å². The maximum absolute atomic E-state index is 12.3. The van der Waals surface area contributed by atoms with Gasteiger partial charge in [0, 0.05) is 19.5 Å². The molecule has 0 unspecified atom stereocenters. The zero-order valence-electron chi connectivity index (χ0n) is 14.9. The summed E-state index contributed by atoms with van der Waals surface area (Å²) in [4.78, 5) is 25.1. The van der Waals surface area contributed by atoms with Crippen LogP contribution in [-0.2, 0) is 9.59 Å². The molecule has 2 amide bonds. The Hall–Kier alpha value is -2.50. The second-order valence-corrected chi connectivity index (χ2v) is 6.19. The van der Waals surface area contributed by atoms with Crippen LogP contribution in [0, 0.1) is 5.92 Å². The summed E-state index contributed by atoms with van der Waals surface area (Å²) in [5.41, 5.74) is 6.24. The highest BCUT2D eigenvalue weighted by atomic mass is 16.5. The average molecular weight is 346 g/mol. The van der Waals surface area contributed by atoms with Gasteiger partial charge in [-0.05, 0) is 43.4 Å². The summed E-state index contributed by atoms with van der Waals surface area (Å²) in [6.45, 7) is 3.19. The number of primary amides is 1. The number of nitrogens with two attached hydrogens (primary N) is 1. The number of rotatable bonds is 7. The lowest BCUT2D eigenvalue weighted by Crippen LogP contribution is -2.41. The van der Waals surface area contributed by atoms with E-state index in [4.69, 9.17) is 15.2 Å². The van der Waals surface area contributed by atoms with Crippen LogP contribution in [0.5, 0.6) is 11.5 Å². The summed E-state index contributed by atoms with van der Waals surface area (Å²) in [5.74, 6) is 1.09. The lowest BCUT2D eigenvalue weighted by molar-refractivity contribution is -0.134. The Morgan fingerprint density at radius 1 is 1.28 bits per heavy atom. The van der Waals surface area contributed by atoms with E-state index in [0.29, 0.717) is 31.0 Å². The first-order valence-electron chi connectivity index (χ1n) is 8.53. The Morgan fingerprint density at radius 2 is 2.00 bits per heavy atom. The van der Waals surface area contributed by atoms with Crippen LogP contribution in [0.15, 0.2) is 24.3 Å². The van der Waals surface area contributed by atoms with Crippen LogP contribution < -0.4 is 15.2 Å². The number of likely N-dealkylation sites (tertiary alicyclic amines) is 1. The molecule has 0 saturated carbocycles. The van der Waals surface area contributed by atoms with E-state index in [1.165, 1.54) is 0 Å². The Kier molecular flexibility index (Phi) is 6.86. The van der Waals surface area contributed by atoms with Crippen LogP contribution in [0.3, 0.4) is 0 Å². The molecule has 0 aliphatic carbocycles. The van der Waals surface area contributed by atoms with Crippen LogP contribution in [0.1, 0.15) is 31.7 Å². The molecule has 0 aromatic heterocycles. The number of hydrogen-bond acceptors (Lipinski definition) is 4. The van der Waals surface area contributed by atoms with Crippen molar-refractivity contribution in [2.24, 2.45) is 11.7 Å². The molecule has 6 nitrogen and oxygen atoms in total. The average Bonchev–Trinajstić information content (AvgIpc) is 2.60. The molecule has 1 heterocycles. The standard InChI is InChI=1S/C19H26N2O4/c1-3-4-14-5-6-16(17(11-14)24-2)25-13-19(23)21-9-7-15(8-10-21)12-18(20)22/h3-6,11,15H,7-10,12-13H2,1-2H3,(H2,20,22)/b4-3+. The third-order valence-electron chi connectivity index (χ3n) is 4.36. The van der Waals surface area contributed by atoms with Crippen molar-refractivity contribution in [1.82, 2.24) is 4.90 Å². The molecule has 0 bridgehead atoms. The molecule has 1 saturated heterocycles. The third kappa shape index (κ3) is 5.52. The number of benzene rings is 1. The molecular formula is C19H26N2O4. The largest absolute Gasteiger partial charge is 0.493 e. The van der Waals surface area contributed by atoms with Crippen LogP contribution in [-0.4, -0.2) is 43.5 Å². The van der Waals surface area contributed by atoms with Gasteiger partial charge in [0.1, 0.15) is 0 Å². The zero-order valence-corrected chi connectivity index (χ0v) is 14.9. The number of methoxy groups -OCH3 is 1. The Bertz CT molecular complexity index is 634. The van der Waals surface area contributed by atoms with Crippen molar-refractivity contribution in [1.29, 1.82) is 0 Å². The van der Waals surface area contributed by atoms with Crippen LogP contribution in [0.4, 0.5) is 0 Å². The molecule has 0 radical (unpaired) electrons. The van der Waals surface area contributed by atoms with Gasteiger partial charge < -0.3 is 20.1 Å². The van der Waals surface area contributed by atoms with Crippen molar-refractivity contribution >= 4 is 17.9 Å². The predicted octanol–water partition coefficient (Wildman–Crippen LogP) is 2.22. The van der Waals surface area contributed by atoms with E-state index in [1.807, 2.05) is 31.2 Å². The first kappa shape index (κ1) is 18.8. The summed E-state index contributed by atoms with van der Waals surface area (Å²) in [6, 6.07) is 5.59. The molecule has 136 valence electrons. The maximum atomic E-state index is 12.3. The van der Waals surface area contributed by atoms with Gasteiger partial charge >= 0.3 is 0 Å². The normalized spacial score (nSPS) is 15.4. The van der Waals surface area contributed by atoms with E-state index in [9.17, 15) is 9.59 Å². The minimum absolute atomic E-state index is 0.0280. The highest BCUT2D eigenvalue weighted by molar-refractivity contribution is 5.78. The molecule has 1 fully saturated rings. The van der Waals surface area contributed by atoms with Crippen LogP contribution in [0.25, 0.3) is 6.08 Å². The van der Waals surface area contributed by atoms with E-state index in [-0.39, 0.29) is 24.3 Å². The molecule has 0 spiro atoms. The molecule has 1 aliphatic rings. The Balaban J connectivity index is 1.87. The van der Waals surface area contributed by atoms with Gasteiger partial charge in [0.05, 0.1) is 7.11 Å². The molecule has 1 aromatic carbocycles. The third-order valence-corrected chi connectivity index (χ3v) is 4.36. The second-order valence-electron chi connectivity index (χ2n) is 6.19. The van der Waals surface area contributed by atoms with Gasteiger partial charge in [-0.3, -0.25) is 9.59 Å². The molecular weight excluding hydrogens is 320 g/mol. The predicted molar refractivity (Wildman–Crippen MR) is 96.3 cm³/mol. The van der Waals surface area contributed by atoms with Gasteiger partial charge in [0.15, 0.2) is 18.1 Å². The second kappa shape index (κ2) is 9.11. The summed E-state index contributed by atoms with van der Waals surface area (Å²) in [6.07, 6.45) is 5.91. The summed E-state index contributed by atoms with van der Waals surface area (Å²) in [7, 11) is 1.58. The van der Waals surface area contributed by atoms with Crippen molar-refractivity contribution in [2.45, 2.75) is 26.2 Å². The van der Waals surface area contributed by atoms with E-state index in [0.717, 1.165) is 18.4 Å². The first-order valence-corrected chi connectivity index (χ1v) is 8.53. The number of hydrogen-bond donors (Lipinski definition) is 1. The molecule has 25 heavy (non-hydrogen) atoms. The van der Waals surface area contributed by atoms with Gasteiger partial charge in [-0.15, -0.1) is 0 Å². The molecule has 1 aromatic rings. The van der Waals surface area contributed by atoms with Gasteiger partial charge in [0.25, 0.3) is 5.91 Å². The summed E-state index contributed by atoms with van der Waals surface area (Å²) < 4.78 is 11.0. The van der Waals surface area contributed by atoms with Crippen LogP contribution >= 0.6 is 0 Å². The van der Waals surface area contributed by atoms with Gasteiger partial charge in [-0.1, -0.05) is 18.2 Å². The van der Waals surface area contributed by atoms with Crippen molar-refractivity contribution in [3.8, 4) is 11.5 Å². The lowest BCUT2D eigenvalue weighted by Gasteiger charge is -2.31. The summed E-state index contributed by atoms with van der Waals surface area (Å²) >= 11 is 0. The molecule has 0 atom stereocenters. The number of nitrogens with zero attached hydrogens (tertiary/aromatic N) is 1. The minimum Gasteiger partial charge on any atom is -0.493 e. The zero-order chi connectivity index (χ0) is 18.2.